The van der Waals surface area contributed by atoms with Crippen molar-refractivity contribution in [2.24, 2.45) is 0 Å². The van der Waals surface area contributed by atoms with Crippen molar-refractivity contribution in [1.29, 1.82) is 0 Å². The minimum atomic E-state index is -4.75. The Balaban J connectivity index is 1.96. The molecule has 0 spiro atoms. The molecule has 2 amide bonds. The van der Waals surface area contributed by atoms with Crippen LogP contribution in [-0.4, -0.2) is 46.2 Å². The first-order chi connectivity index (χ1) is 11.1. The van der Waals surface area contributed by atoms with Gasteiger partial charge in [0.2, 0.25) is 0 Å². The van der Waals surface area contributed by atoms with Gasteiger partial charge in [0.15, 0.2) is 5.25 Å². The molecule has 1 aromatic carbocycles. The third-order valence-electron chi connectivity index (χ3n) is 3.24. The lowest BCUT2D eigenvalue weighted by molar-refractivity contribution is -0.197. The van der Waals surface area contributed by atoms with Crippen molar-refractivity contribution < 1.29 is 37.3 Å². The zero-order valence-electron chi connectivity index (χ0n) is 12.0. The Morgan fingerprint density at radius 2 is 2.04 bits per heavy atom. The number of carbonyl (C=O) groups excluding carboxylic acids is 3. The van der Waals surface area contributed by atoms with Crippen molar-refractivity contribution in [2.45, 2.75) is 24.5 Å². The van der Waals surface area contributed by atoms with Gasteiger partial charge < -0.3 is 9.94 Å². The van der Waals surface area contributed by atoms with E-state index in [0.29, 0.717) is 3.57 Å². The number of rotatable bonds is 5. The number of nitrogens with zero attached hydrogens (tertiary/aromatic N) is 1. The van der Waals surface area contributed by atoms with Gasteiger partial charge in [0.1, 0.15) is 5.75 Å². The van der Waals surface area contributed by atoms with Crippen molar-refractivity contribution in [3.05, 3.63) is 27.3 Å². The fourth-order valence-corrected chi connectivity index (χ4v) is 3.29. The first-order valence-corrected chi connectivity index (χ1v) is 9.19. The number of carbonyl (C=O) groups is 3. The molecule has 1 aliphatic heterocycles. The molecule has 0 aromatic heterocycles. The molecule has 1 heterocycles. The monoisotopic (exact) mass is 467 g/mol. The minimum Gasteiger partial charge on any atom is -0.507 e. The van der Waals surface area contributed by atoms with E-state index in [1.165, 1.54) is 6.07 Å². The van der Waals surface area contributed by atoms with Gasteiger partial charge in [0.05, 0.1) is 16.4 Å². The van der Waals surface area contributed by atoms with Gasteiger partial charge in [0, 0.05) is 0 Å². The third-order valence-corrected chi connectivity index (χ3v) is 5.20. The molecular weight excluding hydrogens is 455 g/mol. The van der Waals surface area contributed by atoms with Gasteiger partial charge in [0.25, 0.3) is 21.9 Å². The molecule has 0 radical (unpaired) electrons. The average molecular weight is 467 g/mol. The van der Waals surface area contributed by atoms with E-state index >= 15 is 0 Å². The summed E-state index contributed by atoms with van der Waals surface area (Å²) < 4.78 is 31.4. The number of hydrogen-bond acceptors (Lipinski definition) is 7. The number of aryl methyl sites for hydroxylation is 1. The summed E-state index contributed by atoms with van der Waals surface area (Å²) in [6, 6.07) is 4.72. The quantitative estimate of drug-likeness (QED) is 0.361. The van der Waals surface area contributed by atoms with Gasteiger partial charge in [-0.25, -0.2) is 4.79 Å². The molecule has 1 unspecified atom stereocenters. The molecular formula is C13H12INO8S. The number of amides is 2. The van der Waals surface area contributed by atoms with Gasteiger partial charge >= 0.3 is 5.97 Å². The van der Waals surface area contributed by atoms with Crippen LogP contribution in [0.3, 0.4) is 0 Å². The van der Waals surface area contributed by atoms with Crippen molar-refractivity contribution in [3.63, 3.8) is 0 Å². The van der Waals surface area contributed by atoms with Crippen molar-refractivity contribution in [2.75, 3.05) is 0 Å². The van der Waals surface area contributed by atoms with Crippen LogP contribution in [-0.2, 0) is 35.8 Å². The molecule has 2 N–H and O–H groups in total. The molecule has 0 aliphatic carbocycles. The standard InChI is InChI=1S/C13H12INO8S/c14-8-5-7(1-3-9(8)16)2-4-12(18)23-15-11(17)6-10(13(15)19)24(20,21)22/h1,3,5,10,16H,2,4,6H2,(H,20,21,22)/i14-2. The predicted molar refractivity (Wildman–Crippen MR) is 87.0 cm³/mol. The zero-order chi connectivity index (χ0) is 18.1. The molecule has 1 aromatic rings. The maximum absolute atomic E-state index is 11.7. The van der Waals surface area contributed by atoms with Crippen LogP contribution >= 0.6 is 22.6 Å². The molecule has 2 rings (SSSR count). The second-order valence-corrected chi connectivity index (χ2v) is 7.74. The van der Waals surface area contributed by atoms with Gasteiger partial charge in [-0.2, -0.15) is 8.42 Å². The van der Waals surface area contributed by atoms with Crippen LogP contribution in [0.4, 0.5) is 0 Å². The van der Waals surface area contributed by atoms with Crippen LogP contribution in [0, 0.1) is 3.57 Å². The smallest absolute Gasteiger partial charge is 0.333 e. The van der Waals surface area contributed by atoms with Crippen LogP contribution < -0.4 is 0 Å². The molecule has 1 atom stereocenters. The van der Waals surface area contributed by atoms with Crippen LogP contribution in [0.15, 0.2) is 18.2 Å². The molecule has 0 saturated carbocycles. The maximum atomic E-state index is 11.7. The van der Waals surface area contributed by atoms with Gasteiger partial charge in [-0.3, -0.25) is 14.1 Å². The Hall–Kier alpha value is -1.73. The number of phenolic OH excluding ortho intramolecular Hbond substituents is 1. The molecule has 9 nitrogen and oxygen atoms in total. The van der Waals surface area contributed by atoms with Crippen LogP contribution in [0.1, 0.15) is 18.4 Å². The van der Waals surface area contributed by atoms with E-state index < -0.39 is 39.6 Å². The fraction of sp³-hybridized carbons (Fsp3) is 0.308. The number of imide groups is 1. The van der Waals surface area contributed by atoms with E-state index in [-0.39, 0.29) is 23.7 Å². The Kier molecular flexibility index (Phi) is 5.45. The highest BCUT2D eigenvalue weighted by Crippen LogP contribution is 2.22. The summed E-state index contributed by atoms with van der Waals surface area (Å²) in [5.41, 5.74) is 0.726. The van der Waals surface area contributed by atoms with Crippen molar-refractivity contribution >= 4 is 50.5 Å². The van der Waals surface area contributed by atoms with Crippen molar-refractivity contribution in [3.8, 4) is 5.75 Å². The Morgan fingerprint density at radius 1 is 1.38 bits per heavy atom. The summed E-state index contributed by atoms with van der Waals surface area (Å²) in [5, 5.41) is 7.53. The summed E-state index contributed by atoms with van der Waals surface area (Å²) in [7, 11) is -4.75. The van der Waals surface area contributed by atoms with Gasteiger partial charge in [-0.1, -0.05) is 6.07 Å². The SMILES string of the molecule is O=C(CCc1ccc(O)c([125I])c1)ON1C(=O)CC(S(=O)(=O)O)C1=O. The largest absolute Gasteiger partial charge is 0.507 e. The Morgan fingerprint density at radius 3 is 2.58 bits per heavy atom. The highest BCUT2D eigenvalue weighted by atomic mass is 125. The third kappa shape index (κ3) is 4.21. The van der Waals surface area contributed by atoms with E-state index in [1.54, 1.807) is 12.1 Å². The molecule has 1 saturated heterocycles. The average Bonchev–Trinajstić information content (AvgIpc) is 2.76. The Bertz CT molecular complexity index is 806. The highest BCUT2D eigenvalue weighted by Gasteiger charge is 2.48. The number of hydrogen-bond donors (Lipinski definition) is 2. The summed E-state index contributed by atoms with van der Waals surface area (Å²) in [5.74, 6) is -3.12. The summed E-state index contributed by atoms with van der Waals surface area (Å²) in [6.07, 6.45) is -0.720. The number of phenols is 1. The lowest BCUT2D eigenvalue weighted by Crippen LogP contribution is -2.36. The zero-order valence-corrected chi connectivity index (χ0v) is 15.0. The molecule has 11 heteroatoms. The molecule has 0 bridgehead atoms. The maximum Gasteiger partial charge on any atom is 0.333 e. The van der Waals surface area contributed by atoms with E-state index in [4.69, 9.17) is 4.55 Å². The minimum absolute atomic E-state index is 0.0708. The predicted octanol–water partition coefficient (Wildman–Crippen LogP) is 0.403. The first kappa shape index (κ1) is 18.6. The first-order valence-electron chi connectivity index (χ1n) is 6.61. The summed E-state index contributed by atoms with van der Waals surface area (Å²) in [4.78, 5) is 39.6. The normalized spacial score (nSPS) is 18.1. The second kappa shape index (κ2) is 7.03. The van der Waals surface area contributed by atoms with E-state index in [1.807, 2.05) is 22.6 Å². The van der Waals surface area contributed by atoms with E-state index in [0.717, 1.165) is 5.56 Å². The molecule has 130 valence electrons. The lowest BCUT2D eigenvalue weighted by atomic mass is 10.1. The number of halogens is 1. The number of hydroxylamine groups is 2. The highest BCUT2D eigenvalue weighted by molar-refractivity contribution is 14.1. The molecule has 24 heavy (non-hydrogen) atoms. The fourth-order valence-electron chi connectivity index (χ4n) is 2.01. The lowest BCUT2D eigenvalue weighted by Gasteiger charge is -2.13. The van der Waals surface area contributed by atoms with Crippen LogP contribution in [0.2, 0.25) is 0 Å². The molecule has 1 aliphatic rings. The molecule has 1 fully saturated rings. The second-order valence-electron chi connectivity index (χ2n) is 4.98. The van der Waals surface area contributed by atoms with Gasteiger partial charge in [-0.15, -0.1) is 5.06 Å². The summed E-state index contributed by atoms with van der Waals surface area (Å²) in [6.45, 7) is 0. The topological polar surface area (TPSA) is 138 Å². The van der Waals surface area contributed by atoms with E-state index in [2.05, 4.69) is 4.84 Å². The van der Waals surface area contributed by atoms with Crippen LogP contribution in [0.25, 0.3) is 0 Å². The van der Waals surface area contributed by atoms with Crippen LogP contribution in [0.5, 0.6) is 5.75 Å². The number of aromatic hydroxyl groups is 1. The number of benzene rings is 1. The Labute approximate surface area is 150 Å². The van der Waals surface area contributed by atoms with Gasteiger partial charge in [-0.05, 0) is 46.7 Å². The summed E-state index contributed by atoms with van der Waals surface area (Å²) >= 11 is 1.92. The van der Waals surface area contributed by atoms with E-state index in [9.17, 15) is 27.9 Å². The van der Waals surface area contributed by atoms with Crippen molar-refractivity contribution in [1.82, 2.24) is 5.06 Å².